The summed E-state index contributed by atoms with van der Waals surface area (Å²) in [5.74, 6) is 0.302. The van der Waals surface area contributed by atoms with Crippen LogP contribution in [0.4, 0.5) is 0 Å². The fraction of sp³-hybridized carbons (Fsp3) is 0.667. The number of aliphatic carboxylic acids is 1. The van der Waals surface area contributed by atoms with Gasteiger partial charge in [0.2, 0.25) is 5.89 Å². The van der Waals surface area contributed by atoms with Gasteiger partial charge in [0.05, 0.1) is 6.42 Å². The van der Waals surface area contributed by atoms with E-state index in [1.54, 1.807) is 0 Å². The summed E-state index contributed by atoms with van der Waals surface area (Å²) in [6, 6.07) is 0. The summed E-state index contributed by atoms with van der Waals surface area (Å²) in [6.07, 6.45) is 2.53. The Bertz CT molecular complexity index is 355. The van der Waals surface area contributed by atoms with Crippen molar-refractivity contribution in [1.29, 1.82) is 0 Å². The van der Waals surface area contributed by atoms with E-state index >= 15 is 0 Å². The highest BCUT2D eigenvalue weighted by Gasteiger charge is 2.43. The molecule has 76 valence electrons. The maximum atomic E-state index is 10.3. The van der Waals surface area contributed by atoms with Crippen LogP contribution >= 0.6 is 0 Å². The van der Waals surface area contributed by atoms with E-state index in [4.69, 9.17) is 9.63 Å². The van der Waals surface area contributed by atoms with Gasteiger partial charge in [0.25, 0.3) is 0 Å². The first kappa shape index (κ1) is 9.18. The Morgan fingerprint density at radius 2 is 2.36 bits per heavy atom. The van der Waals surface area contributed by atoms with Gasteiger partial charge < -0.3 is 9.63 Å². The molecule has 5 heteroatoms. The number of hydrogen-bond donors (Lipinski definition) is 1. The highest BCUT2D eigenvalue weighted by molar-refractivity contribution is 5.66. The lowest BCUT2D eigenvalue weighted by Gasteiger charge is -1.96. The second-order valence-electron chi connectivity index (χ2n) is 3.97. The van der Waals surface area contributed by atoms with Gasteiger partial charge in [-0.05, 0) is 12.8 Å². The van der Waals surface area contributed by atoms with Crippen molar-refractivity contribution in [2.75, 3.05) is 0 Å². The Balaban J connectivity index is 1.99. The Labute approximate surface area is 81.1 Å². The van der Waals surface area contributed by atoms with E-state index < -0.39 is 5.97 Å². The molecule has 1 saturated carbocycles. The summed E-state index contributed by atoms with van der Waals surface area (Å²) < 4.78 is 4.96. The Morgan fingerprint density at radius 3 is 2.93 bits per heavy atom. The molecule has 0 amide bonds. The smallest absolute Gasteiger partial charge is 0.303 e. The van der Waals surface area contributed by atoms with Gasteiger partial charge >= 0.3 is 5.97 Å². The van der Waals surface area contributed by atoms with Gasteiger partial charge in [-0.3, -0.25) is 4.79 Å². The predicted molar refractivity (Wildman–Crippen MR) is 46.8 cm³/mol. The Morgan fingerprint density at radius 1 is 1.64 bits per heavy atom. The molecule has 0 atom stereocenters. The van der Waals surface area contributed by atoms with Gasteiger partial charge in [0, 0.05) is 11.8 Å². The predicted octanol–water partition coefficient (Wildman–Crippen LogP) is 1.14. The largest absolute Gasteiger partial charge is 0.481 e. The van der Waals surface area contributed by atoms with E-state index in [-0.39, 0.29) is 11.8 Å². The van der Waals surface area contributed by atoms with Crippen molar-refractivity contribution in [1.82, 2.24) is 10.1 Å². The first-order valence-electron chi connectivity index (χ1n) is 4.65. The first-order valence-corrected chi connectivity index (χ1v) is 4.65. The van der Waals surface area contributed by atoms with Crippen LogP contribution in [0.1, 0.15) is 37.9 Å². The number of hydrogen-bond acceptors (Lipinski definition) is 4. The quantitative estimate of drug-likeness (QED) is 0.781. The van der Waals surface area contributed by atoms with Gasteiger partial charge in [-0.2, -0.15) is 4.98 Å². The van der Waals surface area contributed by atoms with Crippen LogP contribution in [-0.2, 0) is 16.6 Å². The molecule has 1 N–H and O–H groups in total. The zero-order chi connectivity index (χ0) is 10.2. The monoisotopic (exact) mass is 196 g/mol. The number of aromatic nitrogens is 2. The molecule has 2 rings (SSSR count). The molecule has 1 aromatic heterocycles. The van der Waals surface area contributed by atoms with Crippen molar-refractivity contribution in [2.24, 2.45) is 0 Å². The lowest BCUT2D eigenvalue weighted by Crippen LogP contribution is -2.03. The van der Waals surface area contributed by atoms with E-state index in [1.165, 1.54) is 0 Å². The lowest BCUT2D eigenvalue weighted by molar-refractivity contribution is -0.137. The maximum absolute atomic E-state index is 10.3. The SMILES string of the molecule is CC1(c2noc(CCC(=O)O)n2)CC1. The van der Waals surface area contributed by atoms with Gasteiger partial charge in [0.1, 0.15) is 0 Å². The number of aryl methyl sites for hydroxylation is 1. The van der Waals surface area contributed by atoms with Crippen LogP contribution < -0.4 is 0 Å². The maximum Gasteiger partial charge on any atom is 0.303 e. The van der Waals surface area contributed by atoms with Crippen LogP contribution in [0.3, 0.4) is 0 Å². The van der Waals surface area contributed by atoms with Gasteiger partial charge in [-0.15, -0.1) is 0 Å². The molecule has 1 aliphatic carbocycles. The molecule has 0 saturated heterocycles. The van der Waals surface area contributed by atoms with Gasteiger partial charge in [-0.1, -0.05) is 12.1 Å². The zero-order valence-corrected chi connectivity index (χ0v) is 7.99. The fourth-order valence-electron chi connectivity index (χ4n) is 1.23. The number of carboxylic acids is 1. The first-order chi connectivity index (χ1) is 6.60. The van der Waals surface area contributed by atoms with Crippen LogP contribution in [-0.4, -0.2) is 21.2 Å². The zero-order valence-electron chi connectivity index (χ0n) is 7.99. The molecule has 14 heavy (non-hydrogen) atoms. The van der Waals surface area contributed by atoms with Crippen LogP contribution in [0.25, 0.3) is 0 Å². The third-order valence-electron chi connectivity index (χ3n) is 2.56. The minimum Gasteiger partial charge on any atom is -0.481 e. The molecule has 1 heterocycles. The summed E-state index contributed by atoms with van der Waals surface area (Å²) >= 11 is 0. The molecule has 0 aromatic carbocycles. The molecule has 0 bridgehead atoms. The van der Waals surface area contributed by atoms with E-state index in [9.17, 15) is 4.79 Å². The van der Waals surface area contributed by atoms with E-state index in [0.29, 0.717) is 12.3 Å². The van der Waals surface area contributed by atoms with Crippen LogP contribution in [0.2, 0.25) is 0 Å². The average molecular weight is 196 g/mol. The molecular formula is C9H12N2O3. The average Bonchev–Trinajstić information content (AvgIpc) is 2.70. The highest BCUT2D eigenvalue weighted by atomic mass is 16.5. The summed E-state index contributed by atoms with van der Waals surface area (Å²) in [7, 11) is 0. The number of carbonyl (C=O) groups is 1. The highest BCUT2D eigenvalue weighted by Crippen LogP contribution is 2.45. The summed E-state index contributed by atoms with van der Waals surface area (Å²) in [5.41, 5.74) is 0.0883. The minimum atomic E-state index is -0.845. The summed E-state index contributed by atoms with van der Waals surface area (Å²) in [5, 5.41) is 12.3. The summed E-state index contributed by atoms with van der Waals surface area (Å²) in [4.78, 5) is 14.5. The van der Waals surface area contributed by atoms with Crippen molar-refractivity contribution in [3.63, 3.8) is 0 Å². The van der Waals surface area contributed by atoms with E-state index in [2.05, 4.69) is 17.1 Å². The molecule has 0 unspecified atom stereocenters. The number of rotatable bonds is 4. The van der Waals surface area contributed by atoms with Crippen molar-refractivity contribution < 1.29 is 14.4 Å². The van der Waals surface area contributed by atoms with Crippen molar-refractivity contribution >= 4 is 5.97 Å². The second kappa shape index (κ2) is 3.08. The topological polar surface area (TPSA) is 76.2 Å². The molecule has 1 aromatic rings. The molecule has 5 nitrogen and oxygen atoms in total. The molecule has 0 radical (unpaired) electrons. The van der Waals surface area contributed by atoms with Crippen molar-refractivity contribution in [3.8, 4) is 0 Å². The molecule has 1 fully saturated rings. The lowest BCUT2D eigenvalue weighted by atomic mass is 10.1. The van der Waals surface area contributed by atoms with Crippen molar-refractivity contribution in [2.45, 2.75) is 38.0 Å². The third-order valence-corrected chi connectivity index (χ3v) is 2.56. The minimum absolute atomic E-state index is 0.0400. The van der Waals surface area contributed by atoms with Crippen LogP contribution in [0, 0.1) is 0 Å². The second-order valence-corrected chi connectivity index (χ2v) is 3.97. The van der Waals surface area contributed by atoms with Crippen LogP contribution in [0.15, 0.2) is 4.52 Å². The third kappa shape index (κ3) is 1.76. The van der Waals surface area contributed by atoms with E-state index in [0.717, 1.165) is 18.7 Å². The Hall–Kier alpha value is -1.39. The summed E-state index contributed by atoms with van der Waals surface area (Å²) in [6.45, 7) is 2.08. The standard InChI is InChI=1S/C9H12N2O3/c1-9(4-5-9)8-10-6(14-11-8)2-3-7(12)13/h2-5H2,1H3,(H,12,13). The van der Waals surface area contributed by atoms with Crippen LogP contribution in [0.5, 0.6) is 0 Å². The van der Waals surface area contributed by atoms with Gasteiger partial charge in [0.15, 0.2) is 5.82 Å². The number of carboxylic acid groups (broad SMARTS) is 1. The molecule has 0 spiro atoms. The van der Waals surface area contributed by atoms with E-state index in [1.807, 2.05) is 0 Å². The molecular weight excluding hydrogens is 184 g/mol. The normalized spacial score (nSPS) is 18.1. The number of nitrogens with zero attached hydrogens (tertiary/aromatic N) is 2. The van der Waals surface area contributed by atoms with Gasteiger partial charge in [-0.25, -0.2) is 0 Å². The Kier molecular flexibility index (Phi) is 2.02. The molecule has 1 aliphatic rings. The fourth-order valence-corrected chi connectivity index (χ4v) is 1.23. The van der Waals surface area contributed by atoms with Crippen molar-refractivity contribution in [3.05, 3.63) is 11.7 Å². The molecule has 0 aliphatic heterocycles.